The first kappa shape index (κ1) is 9.81. The maximum atomic E-state index is 5.81. The lowest BCUT2D eigenvalue weighted by Gasteiger charge is -2.25. The van der Waals surface area contributed by atoms with Gasteiger partial charge in [-0.15, -0.1) is 0 Å². The summed E-state index contributed by atoms with van der Waals surface area (Å²) in [5, 5.41) is 5.79. The SMILES string of the molecule is C[C@H]([NH3+])[C@H]1OCCn2nc3ccccc3c21. The lowest BCUT2D eigenvalue weighted by atomic mass is 10.1. The van der Waals surface area contributed by atoms with Crippen molar-refractivity contribution in [2.45, 2.75) is 25.6 Å². The highest BCUT2D eigenvalue weighted by molar-refractivity contribution is 5.82. The van der Waals surface area contributed by atoms with Gasteiger partial charge in [0, 0.05) is 5.39 Å². The Kier molecular flexibility index (Phi) is 2.19. The second kappa shape index (κ2) is 3.57. The predicted molar refractivity (Wildman–Crippen MR) is 60.8 cm³/mol. The van der Waals surface area contributed by atoms with Crippen LogP contribution in [0.1, 0.15) is 18.7 Å². The van der Waals surface area contributed by atoms with Crippen LogP contribution < -0.4 is 5.73 Å². The molecule has 0 aliphatic carbocycles. The van der Waals surface area contributed by atoms with Crippen molar-refractivity contribution in [1.82, 2.24) is 9.78 Å². The van der Waals surface area contributed by atoms with Gasteiger partial charge in [-0.2, -0.15) is 5.10 Å². The molecule has 0 spiro atoms. The van der Waals surface area contributed by atoms with E-state index in [1.165, 1.54) is 11.1 Å². The lowest BCUT2D eigenvalue weighted by molar-refractivity contribution is -0.437. The minimum Gasteiger partial charge on any atom is -0.364 e. The molecule has 1 aliphatic rings. The van der Waals surface area contributed by atoms with Crippen molar-refractivity contribution in [1.29, 1.82) is 0 Å². The average Bonchev–Trinajstić information content (AvgIpc) is 2.66. The molecule has 0 bridgehead atoms. The number of benzene rings is 1. The molecule has 3 N–H and O–H groups in total. The molecule has 0 unspecified atom stereocenters. The molecule has 4 nitrogen and oxygen atoms in total. The standard InChI is InChI=1S/C12H15N3O/c1-8(13)12-11-9-4-2-3-5-10(9)14-15(11)6-7-16-12/h2-5,8,12H,6-7,13H2,1H3/p+1/t8-,12+/m0/s1. The van der Waals surface area contributed by atoms with Gasteiger partial charge >= 0.3 is 0 Å². The maximum absolute atomic E-state index is 5.81. The molecule has 1 aliphatic heterocycles. The van der Waals surface area contributed by atoms with Gasteiger partial charge in [0.1, 0.15) is 6.04 Å². The van der Waals surface area contributed by atoms with Crippen molar-refractivity contribution < 1.29 is 10.5 Å². The van der Waals surface area contributed by atoms with Crippen LogP contribution in [0, 0.1) is 0 Å². The second-order valence-corrected chi connectivity index (χ2v) is 4.39. The Morgan fingerprint density at radius 2 is 2.31 bits per heavy atom. The van der Waals surface area contributed by atoms with E-state index in [-0.39, 0.29) is 12.1 Å². The summed E-state index contributed by atoms with van der Waals surface area (Å²) in [4.78, 5) is 0. The average molecular weight is 218 g/mol. The third-order valence-corrected chi connectivity index (χ3v) is 3.07. The molecule has 0 amide bonds. The topological polar surface area (TPSA) is 54.7 Å². The molecule has 1 aromatic heterocycles. The first-order chi connectivity index (χ1) is 7.77. The monoisotopic (exact) mass is 218 g/mol. The molecule has 0 saturated heterocycles. The molecule has 0 fully saturated rings. The largest absolute Gasteiger partial charge is 0.364 e. The van der Waals surface area contributed by atoms with E-state index in [1.54, 1.807) is 0 Å². The van der Waals surface area contributed by atoms with Gasteiger partial charge in [0.25, 0.3) is 0 Å². The van der Waals surface area contributed by atoms with Crippen LogP contribution in [0.3, 0.4) is 0 Å². The van der Waals surface area contributed by atoms with E-state index < -0.39 is 0 Å². The number of aromatic nitrogens is 2. The van der Waals surface area contributed by atoms with Crippen LogP contribution in [-0.4, -0.2) is 22.4 Å². The van der Waals surface area contributed by atoms with Crippen molar-refractivity contribution in [3.05, 3.63) is 30.0 Å². The predicted octanol–water partition coefficient (Wildman–Crippen LogP) is 0.738. The lowest BCUT2D eigenvalue weighted by Crippen LogP contribution is -2.62. The molecular weight excluding hydrogens is 202 g/mol. The molecule has 0 saturated carbocycles. The van der Waals surface area contributed by atoms with Crippen molar-refractivity contribution in [3.63, 3.8) is 0 Å². The van der Waals surface area contributed by atoms with Crippen molar-refractivity contribution in [2.24, 2.45) is 0 Å². The fraction of sp³-hybridized carbons (Fsp3) is 0.417. The van der Waals surface area contributed by atoms with Crippen LogP contribution in [0.5, 0.6) is 0 Å². The van der Waals surface area contributed by atoms with Gasteiger partial charge in [-0.1, -0.05) is 18.2 Å². The number of nitrogens with zero attached hydrogens (tertiary/aromatic N) is 2. The van der Waals surface area contributed by atoms with Crippen LogP contribution in [0.15, 0.2) is 24.3 Å². The number of hydrogen-bond donors (Lipinski definition) is 1. The van der Waals surface area contributed by atoms with E-state index >= 15 is 0 Å². The van der Waals surface area contributed by atoms with Gasteiger partial charge < -0.3 is 10.5 Å². The summed E-state index contributed by atoms with van der Waals surface area (Å²) >= 11 is 0. The summed E-state index contributed by atoms with van der Waals surface area (Å²) in [6.07, 6.45) is 0.0705. The van der Waals surface area contributed by atoms with Gasteiger partial charge in [0.05, 0.1) is 24.4 Å². The van der Waals surface area contributed by atoms with E-state index in [2.05, 4.69) is 28.5 Å². The molecule has 4 heteroatoms. The van der Waals surface area contributed by atoms with Crippen molar-refractivity contribution >= 4 is 10.9 Å². The summed E-state index contributed by atoms with van der Waals surface area (Å²) in [7, 11) is 0. The fourth-order valence-corrected chi connectivity index (χ4v) is 2.35. The van der Waals surface area contributed by atoms with E-state index in [9.17, 15) is 0 Å². The first-order valence-corrected chi connectivity index (χ1v) is 5.67. The smallest absolute Gasteiger partial charge is 0.151 e. The fourth-order valence-electron chi connectivity index (χ4n) is 2.35. The molecular formula is C12H16N3O+. The zero-order chi connectivity index (χ0) is 11.1. The van der Waals surface area contributed by atoms with E-state index in [1.807, 2.05) is 18.2 Å². The van der Waals surface area contributed by atoms with E-state index in [4.69, 9.17) is 4.74 Å². The molecule has 0 radical (unpaired) electrons. The number of hydrogen-bond acceptors (Lipinski definition) is 2. The minimum absolute atomic E-state index is 0.0705. The van der Waals surface area contributed by atoms with Crippen LogP contribution in [0.25, 0.3) is 10.9 Å². The quantitative estimate of drug-likeness (QED) is 0.767. The number of quaternary nitrogens is 1. The summed E-state index contributed by atoms with van der Waals surface area (Å²) < 4.78 is 7.88. The number of ether oxygens (including phenoxy) is 1. The number of fused-ring (bicyclic) bond motifs is 3. The Morgan fingerprint density at radius 3 is 3.12 bits per heavy atom. The highest BCUT2D eigenvalue weighted by Gasteiger charge is 2.29. The summed E-state index contributed by atoms with van der Waals surface area (Å²) in [5.41, 5.74) is 6.32. The Balaban J connectivity index is 2.24. The second-order valence-electron chi connectivity index (χ2n) is 4.39. The van der Waals surface area contributed by atoms with Crippen molar-refractivity contribution in [3.8, 4) is 0 Å². The third-order valence-electron chi connectivity index (χ3n) is 3.07. The van der Waals surface area contributed by atoms with E-state index in [0.29, 0.717) is 0 Å². The highest BCUT2D eigenvalue weighted by atomic mass is 16.5. The molecule has 2 atom stereocenters. The Hall–Kier alpha value is -1.39. The zero-order valence-corrected chi connectivity index (χ0v) is 9.39. The normalized spacial score (nSPS) is 22.0. The maximum Gasteiger partial charge on any atom is 0.151 e. The minimum atomic E-state index is 0.0705. The van der Waals surface area contributed by atoms with Crippen LogP contribution >= 0.6 is 0 Å². The third kappa shape index (κ3) is 1.34. The zero-order valence-electron chi connectivity index (χ0n) is 9.39. The van der Waals surface area contributed by atoms with Crippen LogP contribution in [0.4, 0.5) is 0 Å². The van der Waals surface area contributed by atoms with Gasteiger partial charge in [0.2, 0.25) is 0 Å². The highest BCUT2D eigenvalue weighted by Crippen LogP contribution is 2.30. The Labute approximate surface area is 94.0 Å². The number of rotatable bonds is 1. The molecule has 84 valence electrons. The van der Waals surface area contributed by atoms with E-state index in [0.717, 1.165) is 18.7 Å². The van der Waals surface area contributed by atoms with Gasteiger partial charge in [-0.25, -0.2) is 0 Å². The van der Waals surface area contributed by atoms with Gasteiger partial charge in [-0.05, 0) is 13.0 Å². The Bertz CT molecular complexity index is 518. The summed E-state index contributed by atoms with van der Waals surface area (Å²) in [6.45, 7) is 3.65. The molecule has 16 heavy (non-hydrogen) atoms. The molecule has 1 aromatic carbocycles. The summed E-state index contributed by atoms with van der Waals surface area (Å²) in [6, 6.07) is 8.46. The van der Waals surface area contributed by atoms with Gasteiger partial charge in [0.15, 0.2) is 6.10 Å². The summed E-state index contributed by atoms with van der Waals surface area (Å²) in [5.74, 6) is 0. The van der Waals surface area contributed by atoms with Crippen molar-refractivity contribution in [2.75, 3.05) is 6.61 Å². The van der Waals surface area contributed by atoms with Gasteiger partial charge in [-0.3, -0.25) is 4.68 Å². The Morgan fingerprint density at radius 1 is 1.50 bits per heavy atom. The molecule has 2 heterocycles. The molecule has 3 rings (SSSR count). The first-order valence-electron chi connectivity index (χ1n) is 5.67. The van der Waals surface area contributed by atoms with Crippen LogP contribution in [0.2, 0.25) is 0 Å². The van der Waals surface area contributed by atoms with Crippen LogP contribution in [-0.2, 0) is 11.3 Å². The molecule has 2 aromatic rings.